The predicted molar refractivity (Wildman–Crippen MR) is 70.5 cm³/mol. The van der Waals surface area contributed by atoms with E-state index in [0.717, 1.165) is 37.8 Å². The maximum absolute atomic E-state index is 9.54. The molecule has 1 aliphatic rings. The summed E-state index contributed by atoms with van der Waals surface area (Å²) in [7, 11) is 0. The van der Waals surface area contributed by atoms with Crippen LogP contribution < -0.4 is 5.32 Å². The molecule has 0 amide bonds. The van der Waals surface area contributed by atoms with Crippen LogP contribution in [-0.2, 0) is 6.54 Å². The third-order valence-electron chi connectivity index (χ3n) is 3.18. The molecule has 0 saturated heterocycles. The van der Waals surface area contributed by atoms with Crippen LogP contribution in [0.1, 0.15) is 31.2 Å². The van der Waals surface area contributed by atoms with Crippen molar-refractivity contribution in [3.8, 4) is 5.75 Å². The standard InChI is InChI=1S/C13H19NO2.ClH/c15-12-6-4-10(5-7-12)9-14-11-2-1-3-13(16)8-11;/h4-7,11,13-16H,1-3,8-9H2;1H/t11-,13+;/m0./s1. The molecule has 4 heteroatoms. The zero-order valence-electron chi connectivity index (χ0n) is 9.80. The van der Waals surface area contributed by atoms with Gasteiger partial charge in [0.1, 0.15) is 5.75 Å². The molecule has 0 radical (unpaired) electrons. The quantitative estimate of drug-likeness (QED) is 0.778. The summed E-state index contributed by atoms with van der Waals surface area (Å²) in [6, 6.07) is 7.67. The van der Waals surface area contributed by atoms with Crippen molar-refractivity contribution >= 4 is 12.4 Å². The molecule has 2 rings (SSSR count). The largest absolute Gasteiger partial charge is 0.508 e. The van der Waals surface area contributed by atoms with Gasteiger partial charge in [-0.05, 0) is 43.4 Å². The zero-order valence-corrected chi connectivity index (χ0v) is 10.6. The number of aliphatic hydroxyl groups excluding tert-OH is 1. The molecule has 96 valence electrons. The molecule has 3 nitrogen and oxygen atoms in total. The molecule has 1 aliphatic carbocycles. The number of halogens is 1. The number of benzene rings is 1. The van der Waals surface area contributed by atoms with E-state index in [4.69, 9.17) is 5.11 Å². The van der Waals surface area contributed by atoms with E-state index in [1.165, 1.54) is 0 Å². The average Bonchev–Trinajstić information content (AvgIpc) is 2.28. The lowest BCUT2D eigenvalue weighted by Crippen LogP contribution is -2.35. The average molecular weight is 258 g/mol. The number of rotatable bonds is 3. The number of phenols is 1. The summed E-state index contributed by atoms with van der Waals surface area (Å²) in [5.41, 5.74) is 1.16. The van der Waals surface area contributed by atoms with E-state index in [2.05, 4.69) is 5.32 Å². The van der Waals surface area contributed by atoms with Gasteiger partial charge < -0.3 is 15.5 Å². The minimum absolute atomic E-state index is 0. The highest BCUT2D eigenvalue weighted by Crippen LogP contribution is 2.19. The van der Waals surface area contributed by atoms with Gasteiger partial charge in [0, 0.05) is 12.6 Å². The van der Waals surface area contributed by atoms with Crippen LogP contribution in [0.3, 0.4) is 0 Å². The fraction of sp³-hybridized carbons (Fsp3) is 0.538. The Morgan fingerprint density at radius 1 is 1.18 bits per heavy atom. The summed E-state index contributed by atoms with van der Waals surface area (Å²) in [6.45, 7) is 0.803. The second kappa shape index (κ2) is 6.84. The highest BCUT2D eigenvalue weighted by Gasteiger charge is 2.19. The van der Waals surface area contributed by atoms with Crippen LogP contribution in [0.5, 0.6) is 5.75 Å². The second-order valence-corrected chi connectivity index (χ2v) is 4.56. The highest BCUT2D eigenvalue weighted by molar-refractivity contribution is 5.85. The van der Waals surface area contributed by atoms with E-state index in [1.54, 1.807) is 12.1 Å². The van der Waals surface area contributed by atoms with Crippen LogP contribution >= 0.6 is 12.4 Å². The minimum atomic E-state index is -0.133. The molecule has 0 heterocycles. The Kier molecular flexibility index (Phi) is 5.75. The van der Waals surface area contributed by atoms with Gasteiger partial charge in [-0.1, -0.05) is 12.1 Å². The molecular weight excluding hydrogens is 238 g/mol. The third kappa shape index (κ3) is 4.54. The van der Waals surface area contributed by atoms with E-state index in [9.17, 15) is 5.11 Å². The monoisotopic (exact) mass is 257 g/mol. The van der Waals surface area contributed by atoms with Gasteiger partial charge in [0.15, 0.2) is 0 Å². The summed E-state index contributed by atoms with van der Waals surface area (Å²) >= 11 is 0. The molecule has 1 fully saturated rings. The van der Waals surface area contributed by atoms with Crippen molar-refractivity contribution in [2.75, 3.05) is 0 Å². The van der Waals surface area contributed by atoms with Crippen LogP contribution in [0.15, 0.2) is 24.3 Å². The molecule has 0 spiro atoms. The van der Waals surface area contributed by atoms with E-state index in [-0.39, 0.29) is 18.5 Å². The van der Waals surface area contributed by atoms with Gasteiger partial charge >= 0.3 is 0 Å². The minimum Gasteiger partial charge on any atom is -0.508 e. The van der Waals surface area contributed by atoms with Crippen LogP contribution in [0.25, 0.3) is 0 Å². The Morgan fingerprint density at radius 3 is 2.53 bits per heavy atom. The van der Waals surface area contributed by atoms with Gasteiger partial charge in [-0.25, -0.2) is 0 Å². The van der Waals surface area contributed by atoms with Crippen molar-refractivity contribution < 1.29 is 10.2 Å². The van der Waals surface area contributed by atoms with Crippen molar-refractivity contribution in [3.63, 3.8) is 0 Å². The molecular formula is C13H20ClNO2. The first-order valence-electron chi connectivity index (χ1n) is 5.93. The van der Waals surface area contributed by atoms with E-state index < -0.39 is 0 Å². The Labute approximate surface area is 108 Å². The fourth-order valence-corrected chi connectivity index (χ4v) is 2.23. The Hall–Kier alpha value is -0.770. The van der Waals surface area contributed by atoms with Crippen molar-refractivity contribution in [3.05, 3.63) is 29.8 Å². The smallest absolute Gasteiger partial charge is 0.115 e. The molecule has 1 saturated carbocycles. The molecule has 0 aromatic heterocycles. The molecule has 17 heavy (non-hydrogen) atoms. The van der Waals surface area contributed by atoms with Crippen molar-refractivity contribution in [1.82, 2.24) is 5.32 Å². The lowest BCUT2D eigenvalue weighted by Gasteiger charge is -2.26. The maximum Gasteiger partial charge on any atom is 0.115 e. The summed E-state index contributed by atoms with van der Waals surface area (Å²) in [6.07, 6.45) is 3.92. The first kappa shape index (κ1) is 14.3. The topological polar surface area (TPSA) is 52.5 Å². The number of aromatic hydroxyl groups is 1. The SMILES string of the molecule is Cl.Oc1ccc(CN[C@H]2CCC[C@@H](O)C2)cc1. The van der Waals surface area contributed by atoms with Gasteiger partial charge in [0.25, 0.3) is 0 Å². The number of nitrogens with one attached hydrogen (secondary N) is 1. The Bertz CT molecular complexity index is 329. The lowest BCUT2D eigenvalue weighted by molar-refractivity contribution is 0.111. The Balaban J connectivity index is 0.00000144. The number of aliphatic hydroxyl groups is 1. The molecule has 1 aromatic carbocycles. The first-order valence-corrected chi connectivity index (χ1v) is 5.93. The molecule has 0 aliphatic heterocycles. The highest BCUT2D eigenvalue weighted by atomic mass is 35.5. The van der Waals surface area contributed by atoms with Gasteiger partial charge in [-0.3, -0.25) is 0 Å². The maximum atomic E-state index is 9.54. The normalized spacial score (nSPS) is 24.1. The van der Waals surface area contributed by atoms with E-state index in [1.807, 2.05) is 12.1 Å². The summed E-state index contributed by atoms with van der Waals surface area (Å²) < 4.78 is 0. The van der Waals surface area contributed by atoms with Crippen LogP contribution in [0, 0.1) is 0 Å². The molecule has 2 atom stereocenters. The molecule has 0 bridgehead atoms. The van der Waals surface area contributed by atoms with Gasteiger partial charge in [-0.2, -0.15) is 0 Å². The van der Waals surface area contributed by atoms with E-state index in [0.29, 0.717) is 11.8 Å². The van der Waals surface area contributed by atoms with Crippen molar-refractivity contribution in [2.45, 2.75) is 44.4 Å². The molecule has 1 aromatic rings. The zero-order chi connectivity index (χ0) is 11.4. The second-order valence-electron chi connectivity index (χ2n) is 4.56. The third-order valence-corrected chi connectivity index (χ3v) is 3.18. The summed E-state index contributed by atoms with van der Waals surface area (Å²) in [5.74, 6) is 0.303. The summed E-state index contributed by atoms with van der Waals surface area (Å²) in [4.78, 5) is 0. The van der Waals surface area contributed by atoms with Gasteiger partial charge in [0.2, 0.25) is 0 Å². The Morgan fingerprint density at radius 2 is 1.88 bits per heavy atom. The first-order chi connectivity index (χ1) is 7.74. The van der Waals surface area contributed by atoms with E-state index >= 15 is 0 Å². The number of phenolic OH excluding ortho intramolecular Hbond substituents is 1. The van der Waals surface area contributed by atoms with Crippen molar-refractivity contribution in [2.24, 2.45) is 0 Å². The van der Waals surface area contributed by atoms with Gasteiger partial charge in [-0.15, -0.1) is 12.4 Å². The van der Waals surface area contributed by atoms with Crippen molar-refractivity contribution in [1.29, 1.82) is 0 Å². The summed E-state index contributed by atoms with van der Waals surface area (Å²) in [5, 5.41) is 22.1. The lowest BCUT2D eigenvalue weighted by atomic mass is 9.93. The van der Waals surface area contributed by atoms with Gasteiger partial charge in [0.05, 0.1) is 6.10 Å². The molecule has 0 unspecified atom stereocenters. The van der Waals surface area contributed by atoms with Crippen LogP contribution in [-0.4, -0.2) is 22.4 Å². The van der Waals surface area contributed by atoms with Crippen LogP contribution in [0.2, 0.25) is 0 Å². The van der Waals surface area contributed by atoms with Crippen LogP contribution in [0.4, 0.5) is 0 Å². The number of hydrogen-bond acceptors (Lipinski definition) is 3. The molecule has 3 N–H and O–H groups in total. The number of hydrogen-bond donors (Lipinski definition) is 3. The predicted octanol–water partition coefficient (Wildman–Crippen LogP) is 2.21. The fourth-order valence-electron chi connectivity index (χ4n) is 2.23.